The van der Waals surface area contributed by atoms with E-state index < -0.39 is 5.91 Å². The van der Waals surface area contributed by atoms with Gasteiger partial charge in [0.15, 0.2) is 0 Å². The monoisotopic (exact) mass is 333 g/mol. The van der Waals surface area contributed by atoms with Gasteiger partial charge in [-0.1, -0.05) is 0 Å². The molecule has 0 heterocycles. The highest BCUT2D eigenvalue weighted by Gasteiger charge is 2.50. The zero-order valence-corrected chi connectivity index (χ0v) is 14.1. The smallest absolute Gasteiger partial charge is 0.266 e. The van der Waals surface area contributed by atoms with Crippen molar-refractivity contribution in [2.24, 2.45) is 17.8 Å². The van der Waals surface area contributed by atoms with Crippen LogP contribution in [0.15, 0.2) is 11.8 Å². The number of amides is 1. The lowest BCUT2D eigenvalue weighted by molar-refractivity contribution is -0.127. The van der Waals surface area contributed by atoms with Crippen LogP contribution in [-0.4, -0.2) is 52.9 Å². The Morgan fingerprint density at radius 2 is 1.62 bits per heavy atom. The molecule has 4 aliphatic rings. The van der Waals surface area contributed by atoms with Crippen molar-refractivity contribution in [3.8, 4) is 6.07 Å². The third-order valence-corrected chi connectivity index (χ3v) is 5.94. The normalized spacial score (nSPS) is 34.0. The Kier molecular flexibility index (Phi) is 5.12. The number of aliphatic hydroxyl groups is 2. The molecule has 6 heteroatoms. The molecule has 4 bridgehead atoms. The summed E-state index contributed by atoms with van der Waals surface area (Å²) in [6.07, 6.45) is 9.02. The summed E-state index contributed by atoms with van der Waals surface area (Å²) in [6, 6.07) is 1.98. The van der Waals surface area contributed by atoms with E-state index in [1.807, 2.05) is 6.07 Å². The van der Waals surface area contributed by atoms with E-state index >= 15 is 0 Å². The average Bonchev–Trinajstić information content (AvgIpc) is 2.53. The van der Waals surface area contributed by atoms with E-state index in [0.29, 0.717) is 0 Å². The molecule has 4 rings (SSSR count). The van der Waals surface area contributed by atoms with Crippen LogP contribution in [0, 0.1) is 29.1 Å². The summed E-state index contributed by atoms with van der Waals surface area (Å²) in [5.41, 5.74) is 0.100. The van der Waals surface area contributed by atoms with E-state index in [2.05, 4.69) is 5.32 Å². The number of rotatable bonds is 7. The van der Waals surface area contributed by atoms with Crippen LogP contribution in [0.1, 0.15) is 38.5 Å². The summed E-state index contributed by atoms with van der Waals surface area (Å²) in [6.45, 7) is -0.134. The van der Waals surface area contributed by atoms with Crippen molar-refractivity contribution in [1.29, 1.82) is 5.26 Å². The first-order chi connectivity index (χ1) is 11.6. The highest BCUT2D eigenvalue weighted by atomic mass is 16.3. The summed E-state index contributed by atoms with van der Waals surface area (Å²) in [4.78, 5) is 13.8. The van der Waals surface area contributed by atoms with Gasteiger partial charge in [0.2, 0.25) is 0 Å². The van der Waals surface area contributed by atoms with Crippen LogP contribution in [-0.2, 0) is 4.79 Å². The minimum absolute atomic E-state index is 0.0487. The predicted molar refractivity (Wildman–Crippen MR) is 88.5 cm³/mol. The largest absolute Gasteiger partial charge is 0.395 e. The highest BCUT2D eigenvalue weighted by Crippen LogP contribution is 2.55. The van der Waals surface area contributed by atoms with Gasteiger partial charge in [-0.15, -0.1) is 0 Å². The predicted octanol–water partition coefficient (Wildman–Crippen LogP) is 0.765. The fourth-order valence-corrected chi connectivity index (χ4v) is 5.38. The second-order valence-electron chi connectivity index (χ2n) is 7.75. The molecule has 0 aliphatic heterocycles. The first kappa shape index (κ1) is 17.2. The lowest BCUT2D eigenvalue weighted by Gasteiger charge is -2.57. The van der Waals surface area contributed by atoms with Crippen LogP contribution >= 0.6 is 0 Å². The third-order valence-electron chi connectivity index (χ3n) is 5.94. The van der Waals surface area contributed by atoms with Gasteiger partial charge in [0.25, 0.3) is 5.91 Å². The van der Waals surface area contributed by atoms with Gasteiger partial charge in [0, 0.05) is 24.8 Å². The van der Waals surface area contributed by atoms with Crippen LogP contribution in [0.5, 0.6) is 0 Å². The number of nitriles is 1. The molecule has 0 spiro atoms. The molecular formula is C18H27N3O3. The van der Waals surface area contributed by atoms with Crippen LogP contribution in [0.4, 0.5) is 0 Å². The molecule has 4 fully saturated rings. The van der Waals surface area contributed by atoms with Gasteiger partial charge in [0.05, 0.1) is 13.2 Å². The third kappa shape index (κ3) is 3.42. The second-order valence-corrected chi connectivity index (χ2v) is 7.75. The lowest BCUT2D eigenvalue weighted by atomic mass is 9.53. The Bertz CT molecular complexity index is 511. The van der Waals surface area contributed by atoms with E-state index in [1.54, 1.807) is 6.20 Å². The van der Waals surface area contributed by atoms with Crippen molar-refractivity contribution in [2.45, 2.75) is 44.1 Å². The number of nitrogens with one attached hydrogen (secondary N) is 1. The summed E-state index contributed by atoms with van der Waals surface area (Å²) < 4.78 is 0. The van der Waals surface area contributed by atoms with Gasteiger partial charge < -0.3 is 20.4 Å². The molecule has 0 aromatic heterocycles. The number of nitrogens with zero attached hydrogens (tertiary/aromatic N) is 2. The SMILES string of the molecule is N#C/C(=C/NC12CC3CC(CC(C3)C1)C2)C(=O)N(CCO)CCO. The van der Waals surface area contributed by atoms with Gasteiger partial charge >= 0.3 is 0 Å². The Morgan fingerprint density at radius 1 is 1.12 bits per heavy atom. The van der Waals surface area contributed by atoms with E-state index in [1.165, 1.54) is 24.2 Å². The van der Waals surface area contributed by atoms with Crippen molar-refractivity contribution < 1.29 is 15.0 Å². The van der Waals surface area contributed by atoms with Crippen molar-refractivity contribution >= 4 is 5.91 Å². The van der Waals surface area contributed by atoms with E-state index in [-0.39, 0.29) is 37.4 Å². The summed E-state index contributed by atoms with van der Waals surface area (Å²) in [5.74, 6) is 1.94. The molecule has 0 aromatic rings. The molecule has 1 amide bonds. The van der Waals surface area contributed by atoms with Crippen LogP contribution in [0.2, 0.25) is 0 Å². The van der Waals surface area contributed by atoms with E-state index in [0.717, 1.165) is 37.0 Å². The number of aliphatic hydroxyl groups excluding tert-OH is 2. The fraction of sp³-hybridized carbons (Fsp3) is 0.778. The standard InChI is InChI=1S/C18H27N3O3/c19-11-16(17(24)21(1-3-22)2-4-23)12-20-18-8-13-5-14(9-18)7-15(6-13)10-18/h12-15,20,22-23H,1-10H2/b16-12-. The zero-order chi connectivity index (χ0) is 17.2. The first-order valence-electron chi connectivity index (χ1n) is 8.98. The minimum atomic E-state index is -0.433. The maximum absolute atomic E-state index is 12.4. The van der Waals surface area contributed by atoms with E-state index in [4.69, 9.17) is 10.2 Å². The molecular weight excluding hydrogens is 306 g/mol. The summed E-state index contributed by atoms with van der Waals surface area (Å²) in [5, 5.41) is 30.9. The Labute approximate surface area is 143 Å². The van der Waals surface area contributed by atoms with Gasteiger partial charge in [0.1, 0.15) is 11.6 Å². The van der Waals surface area contributed by atoms with Crippen LogP contribution in [0.3, 0.4) is 0 Å². The summed E-state index contributed by atoms with van der Waals surface area (Å²) >= 11 is 0. The van der Waals surface area contributed by atoms with E-state index in [9.17, 15) is 10.1 Å². The molecule has 4 aliphatic carbocycles. The van der Waals surface area contributed by atoms with Crippen molar-refractivity contribution in [3.63, 3.8) is 0 Å². The zero-order valence-electron chi connectivity index (χ0n) is 14.1. The highest BCUT2D eigenvalue weighted by molar-refractivity contribution is 5.97. The number of carbonyl (C=O) groups is 1. The number of carbonyl (C=O) groups excluding carboxylic acids is 1. The molecule has 0 radical (unpaired) electrons. The number of hydrogen-bond acceptors (Lipinski definition) is 5. The topological polar surface area (TPSA) is 96.6 Å². The van der Waals surface area contributed by atoms with Crippen molar-refractivity contribution in [3.05, 3.63) is 11.8 Å². The lowest BCUT2D eigenvalue weighted by Crippen LogP contribution is -2.57. The van der Waals surface area contributed by atoms with Gasteiger partial charge in [-0.3, -0.25) is 4.79 Å². The summed E-state index contributed by atoms with van der Waals surface area (Å²) in [7, 11) is 0. The number of hydrogen-bond donors (Lipinski definition) is 3. The fourth-order valence-electron chi connectivity index (χ4n) is 5.38. The maximum Gasteiger partial charge on any atom is 0.266 e. The van der Waals surface area contributed by atoms with Gasteiger partial charge in [-0.25, -0.2) is 0 Å². The second kappa shape index (κ2) is 7.12. The van der Waals surface area contributed by atoms with Gasteiger partial charge in [-0.2, -0.15) is 5.26 Å². The Hall–Kier alpha value is -1.58. The molecule has 0 saturated heterocycles. The minimum Gasteiger partial charge on any atom is -0.395 e. The van der Waals surface area contributed by atoms with Crippen LogP contribution < -0.4 is 5.32 Å². The Morgan fingerprint density at radius 3 is 2.04 bits per heavy atom. The van der Waals surface area contributed by atoms with Crippen LogP contribution in [0.25, 0.3) is 0 Å². The molecule has 3 N–H and O–H groups in total. The average molecular weight is 333 g/mol. The molecule has 0 atom stereocenters. The van der Waals surface area contributed by atoms with Gasteiger partial charge in [-0.05, 0) is 56.3 Å². The molecule has 0 unspecified atom stereocenters. The maximum atomic E-state index is 12.4. The van der Waals surface area contributed by atoms with Crippen molar-refractivity contribution in [1.82, 2.24) is 10.2 Å². The van der Waals surface area contributed by atoms with Crippen molar-refractivity contribution in [2.75, 3.05) is 26.3 Å². The molecule has 24 heavy (non-hydrogen) atoms. The molecule has 6 nitrogen and oxygen atoms in total. The Balaban J connectivity index is 1.69. The first-order valence-corrected chi connectivity index (χ1v) is 8.98. The molecule has 132 valence electrons. The molecule has 0 aromatic carbocycles. The molecule has 4 saturated carbocycles. The quantitative estimate of drug-likeness (QED) is 0.472.